The molecule has 1 saturated heterocycles. The number of aryl methyl sites for hydroxylation is 1. The third kappa shape index (κ3) is 6.37. The van der Waals surface area contributed by atoms with Gasteiger partial charge in [-0.15, -0.1) is 0 Å². The number of nitrogens with zero attached hydrogens (tertiary/aromatic N) is 5. The van der Waals surface area contributed by atoms with Gasteiger partial charge in [-0.05, 0) is 51.8 Å². The molecule has 1 N–H and O–H groups in total. The van der Waals surface area contributed by atoms with Crippen LogP contribution in [0, 0.1) is 35.0 Å². The second kappa shape index (κ2) is 12.4. The van der Waals surface area contributed by atoms with Gasteiger partial charge >= 0.3 is 0 Å². The monoisotopic (exact) mass is 508 g/mol. The average molecular weight is 509 g/mol. The largest absolute Gasteiger partial charge is 0.377 e. The molecule has 0 aromatic carbocycles. The molecule has 1 aliphatic heterocycles. The fourth-order valence-electron chi connectivity index (χ4n) is 4.44. The standard InChI is InChI=1S/C31H36N6O/c1-8-10-24(14-27(9-2)31(6,7)20-33)22(4)36-28-15-29(23(5)34-18-28)26-13-25(16-32)30(35-17-26)37-11-12-38-19-21(37)3/h8,10,13-15,17-18,21,36H,1,4,9,11-12,19H2,2-3,5-7H3/b24-10+,27-14+/t21-/m1/s1. The lowest BCUT2D eigenvalue weighted by Crippen LogP contribution is -2.44. The van der Waals surface area contributed by atoms with Crippen molar-refractivity contribution in [1.82, 2.24) is 9.97 Å². The van der Waals surface area contributed by atoms with Crippen LogP contribution in [0.25, 0.3) is 11.1 Å². The highest BCUT2D eigenvalue weighted by Crippen LogP contribution is 2.32. The first-order valence-corrected chi connectivity index (χ1v) is 12.8. The Morgan fingerprint density at radius 1 is 1.29 bits per heavy atom. The molecule has 7 heteroatoms. The normalized spacial score (nSPS) is 16.4. The Morgan fingerprint density at radius 2 is 2.05 bits per heavy atom. The Kier molecular flexibility index (Phi) is 9.23. The third-order valence-corrected chi connectivity index (χ3v) is 6.76. The van der Waals surface area contributed by atoms with E-state index < -0.39 is 5.41 Å². The number of hydrogen-bond donors (Lipinski definition) is 1. The lowest BCUT2D eigenvalue weighted by Gasteiger charge is -2.34. The zero-order valence-electron chi connectivity index (χ0n) is 23.0. The summed E-state index contributed by atoms with van der Waals surface area (Å²) in [6, 6.07) is 8.70. The maximum absolute atomic E-state index is 9.90. The highest BCUT2D eigenvalue weighted by molar-refractivity contribution is 5.73. The molecule has 1 atom stereocenters. The number of rotatable bonds is 9. The van der Waals surface area contributed by atoms with E-state index in [9.17, 15) is 10.5 Å². The number of hydrogen-bond acceptors (Lipinski definition) is 7. The Balaban J connectivity index is 1.93. The Hall–Kier alpha value is -4.20. The van der Waals surface area contributed by atoms with E-state index in [4.69, 9.17) is 4.74 Å². The van der Waals surface area contributed by atoms with Crippen LogP contribution in [0.3, 0.4) is 0 Å². The molecule has 2 aromatic heterocycles. The summed E-state index contributed by atoms with van der Waals surface area (Å²) < 4.78 is 5.54. The van der Waals surface area contributed by atoms with E-state index in [1.54, 1.807) is 18.5 Å². The van der Waals surface area contributed by atoms with Gasteiger partial charge in [0, 0.05) is 35.3 Å². The maximum atomic E-state index is 9.90. The van der Waals surface area contributed by atoms with E-state index in [1.807, 2.05) is 52.0 Å². The summed E-state index contributed by atoms with van der Waals surface area (Å²) >= 11 is 0. The summed E-state index contributed by atoms with van der Waals surface area (Å²) in [5.74, 6) is 0.679. The maximum Gasteiger partial charge on any atom is 0.146 e. The Bertz CT molecular complexity index is 1360. The van der Waals surface area contributed by atoms with Gasteiger partial charge < -0.3 is 15.0 Å². The summed E-state index contributed by atoms with van der Waals surface area (Å²) in [5.41, 5.74) is 5.69. The Labute approximate surface area is 226 Å². The lowest BCUT2D eigenvalue weighted by atomic mass is 9.83. The molecule has 3 heterocycles. The molecule has 3 rings (SSSR count). The second-order valence-corrected chi connectivity index (χ2v) is 9.90. The first-order valence-electron chi connectivity index (χ1n) is 12.8. The molecule has 2 aromatic rings. The van der Waals surface area contributed by atoms with Gasteiger partial charge in [0.15, 0.2) is 0 Å². The fraction of sp³-hybridized carbons (Fsp3) is 0.355. The minimum Gasteiger partial charge on any atom is -0.377 e. The number of pyridine rings is 2. The minimum absolute atomic E-state index is 0.148. The fourth-order valence-corrected chi connectivity index (χ4v) is 4.44. The minimum atomic E-state index is -0.593. The van der Waals surface area contributed by atoms with Crippen molar-refractivity contribution in [2.45, 2.75) is 47.1 Å². The molecule has 0 bridgehead atoms. The van der Waals surface area contributed by atoms with E-state index in [0.717, 1.165) is 40.1 Å². The van der Waals surface area contributed by atoms with Gasteiger partial charge in [0.2, 0.25) is 0 Å². The van der Waals surface area contributed by atoms with Gasteiger partial charge in [-0.2, -0.15) is 10.5 Å². The van der Waals surface area contributed by atoms with Crippen LogP contribution in [0.5, 0.6) is 0 Å². The molecular weight excluding hydrogens is 472 g/mol. The molecular formula is C31H36N6O. The number of nitrogens with one attached hydrogen (secondary N) is 1. The topological polar surface area (TPSA) is 97.9 Å². The van der Waals surface area contributed by atoms with E-state index in [1.165, 1.54) is 0 Å². The molecule has 0 amide bonds. The van der Waals surface area contributed by atoms with Gasteiger partial charge in [-0.1, -0.05) is 43.9 Å². The molecule has 0 unspecified atom stereocenters. The molecule has 0 spiro atoms. The highest BCUT2D eigenvalue weighted by atomic mass is 16.5. The van der Waals surface area contributed by atoms with Crippen LogP contribution in [0.4, 0.5) is 11.5 Å². The molecule has 0 aliphatic carbocycles. The van der Waals surface area contributed by atoms with Crippen LogP contribution in [0.2, 0.25) is 0 Å². The average Bonchev–Trinajstić information content (AvgIpc) is 2.91. The number of nitriles is 2. The number of aromatic nitrogens is 2. The summed E-state index contributed by atoms with van der Waals surface area (Å²) in [5, 5.41) is 22.9. The number of anilines is 2. The van der Waals surface area contributed by atoms with Crippen LogP contribution in [-0.4, -0.2) is 35.8 Å². The van der Waals surface area contributed by atoms with Crippen LogP contribution in [0.15, 0.2) is 72.8 Å². The quantitative estimate of drug-likeness (QED) is 0.387. The first-order chi connectivity index (χ1) is 18.1. The molecule has 1 fully saturated rings. The molecule has 7 nitrogen and oxygen atoms in total. The zero-order valence-corrected chi connectivity index (χ0v) is 23.0. The predicted octanol–water partition coefficient (Wildman–Crippen LogP) is 6.47. The predicted molar refractivity (Wildman–Crippen MR) is 153 cm³/mol. The van der Waals surface area contributed by atoms with Crippen molar-refractivity contribution in [1.29, 1.82) is 10.5 Å². The third-order valence-electron chi connectivity index (χ3n) is 6.76. The number of morpholine rings is 1. The van der Waals surface area contributed by atoms with E-state index >= 15 is 0 Å². The zero-order chi connectivity index (χ0) is 27.9. The van der Waals surface area contributed by atoms with Gasteiger partial charge in [0.25, 0.3) is 0 Å². The molecule has 0 radical (unpaired) electrons. The van der Waals surface area contributed by atoms with Gasteiger partial charge in [0.1, 0.15) is 11.9 Å². The van der Waals surface area contributed by atoms with Crippen molar-refractivity contribution in [3.63, 3.8) is 0 Å². The highest BCUT2D eigenvalue weighted by Gasteiger charge is 2.24. The number of ether oxygens (including phenoxy) is 1. The van der Waals surface area contributed by atoms with E-state index in [2.05, 4.69) is 52.4 Å². The van der Waals surface area contributed by atoms with Crippen LogP contribution in [0.1, 0.15) is 45.4 Å². The molecule has 1 aliphatic rings. The van der Waals surface area contributed by atoms with E-state index in [0.29, 0.717) is 36.8 Å². The van der Waals surface area contributed by atoms with Crippen LogP contribution >= 0.6 is 0 Å². The van der Waals surface area contributed by atoms with Crippen LogP contribution < -0.4 is 10.2 Å². The summed E-state index contributed by atoms with van der Waals surface area (Å²) in [7, 11) is 0. The lowest BCUT2D eigenvalue weighted by molar-refractivity contribution is 0.0985. The molecule has 196 valence electrons. The SMILES string of the molecule is C=C/C=C(\C=C(/CC)C(C)(C)C#N)C(=C)Nc1cnc(C)c(-c2cnc(N3CCOC[C@H]3C)c(C#N)c2)c1. The molecule has 38 heavy (non-hydrogen) atoms. The van der Waals surface area contributed by atoms with Gasteiger partial charge in [0.05, 0.1) is 48.2 Å². The van der Waals surface area contributed by atoms with Gasteiger partial charge in [-0.3, -0.25) is 4.98 Å². The van der Waals surface area contributed by atoms with Crippen molar-refractivity contribution in [3.05, 3.63) is 84.0 Å². The smallest absolute Gasteiger partial charge is 0.146 e. The van der Waals surface area contributed by atoms with Crippen molar-refractivity contribution in [2.75, 3.05) is 30.0 Å². The van der Waals surface area contributed by atoms with Crippen LogP contribution in [-0.2, 0) is 4.74 Å². The first kappa shape index (κ1) is 28.4. The summed E-state index contributed by atoms with van der Waals surface area (Å²) in [6.45, 7) is 19.9. The summed E-state index contributed by atoms with van der Waals surface area (Å²) in [4.78, 5) is 11.4. The van der Waals surface area contributed by atoms with Crippen molar-refractivity contribution in [2.24, 2.45) is 5.41 Å². The van der Waals surface area contributed by atoms with Crippen molar-refractivity contribution in [3.8, 4) is 23.3 Å². The number of allylic oxidation sites excluding steroid dienone is 4. The second-order valence-electron chi connectivity index (χ2n) is 9.90. The summed E-state index contributed by atoms with van der Waals surface area (Å²) in [6.07, 6.45) is 9.86. The van der Waals surface area contributed by atoms with Crippen molar-refractivity contribution >= 4 is 11.5 Å². The molecule has 0 saturated carbocycles. The Morgan fingerprint density at radius 3 is 2.68 bits per heavy atom. The van der Waals surface area contributed by atoms with Crippen molar-refractivity contribution < 1.29 is 4.74 Å². The van der Waals surface area contributed by atoms with Gasteiger partial charge in [-0.25, -0.2) is 4.98 Å². The van der Waals surface area contributed by atoms with E-state index in [-0.39, 0.29) is 6.04 Å².